The molecule has 0 aliphatic carbocycles. The number of hydrogen-bond donors (Lipinski definition) is 1. The number of halogens is 1. The van der Waals surface area contributed by atoms with Crippen molar-refractivity contribution in [1.29, 1.82) is 0 Å². The van der Waals surface area contributed by atoms with E-state index in [9.17, 15) is 14.4 Å². The number of rotatable bonds is 6. The van der Waals surface area contributed by atoms with Crippen molar-refractivity contribution >= 4 is 39.4 Å². The van der Waals surface area contributed by atoms with Crippen LogP contribution in [0.4, 0.5) is 4.79 Å². The van der Waals surface area contributed by atoms with Gasteiger partial charge in [0.25, 0.3) is 0 Å². The van der Waals surface area contributed by atoms with Gasteiger partial charge in [0.1, 0.15) is 12.2 Å². The Labute approximate surface area is 152 Å². The lowest BCUT2D eigenvalue weighted by atomic mass is 10.2. The van der Waals surface area contributed by atoms with Gasteiger partial charge in [-0.05, 0) is 34.5 Å². The molecule has 4 amide bonds. The van der Waals surface area contributed by atoms with Crippen LogP contribution in [0.15, 0.2) is 29.0 Å². The normalized spacial score (nSPS) is 14.6. The first kappa shape index (κ1) is 17.4. The minimum absolute atomic E-state index is 0.106. The molecule has 0 unspecified atom stereocenters. The van der Waals surface area contributed by atoms with Crippen LogP contribution < -0.4 is 5.32 Å². The fraction of sp³-hybridized carbons (Fsp3) is 0.375. The zero-order valence-electron chi connectivity index (χ0n) is 13.7. The topological polar surface area (TPSA) is 87.0 Å². The van der Waals surface area contributed by atoms with E-state index in [1.807, 2.05) is 28.9 Å². The molecule has 3 rings (SSSR count). The number of urea groups is 1. The highest BCUT2D eigenvalue weighted by Crippen LogP contribution is 2.12. The van der Waals surface area contributed by atoms with Gasteiger partial charge in [0, 0.05) is 36.9 Å². The number of imidazole rings is 1. The number of carbonyl (C=O) groups excluding carboxylic acids is 3. The summed E-state index contributed by atoms with van der Waals surface area (Å²) in [6.07, 6.45) is 4.45. The van der Waals surface area contributed by atoms with Crippen molar-refractivity contribution in [2.45, 2.75) is 19.4 Å². The lowest BCUT2D eigenvalue weighted by molar-refractivity contribution is -0.126. The minimum Gasteiger partial charge on any atom is -0.350 e. The number of aromatic nitrogens is 2. The largest absolute Gasteiger partial charge is 0.350 e. The van der Waals surface area contributed by atoms with Crippen LogP contribution in [0.3, 0.4) is 0 Å². The maximum atomic E-state index is 11.9. The maximum Gasteiger partial charge on any atom is 0.326 e. The lowest BCUT2D eigenvalue weighted by Crippen LogP contribution is -2.33. The van der Waals surface area contributed by atoms with Crippen molar-refractivity contribution in [3.63, 3.8) is 0 Å². The molecule has 2 aromatic heterocycles. The molecule has 25 heavy (non-hydrogen) atoms. The van der Waals surface area contributed by atoms with Gasteiger partial charge in [-0.25, -0.2) is 9.78 Å². The number of amides is 4. The molecule has 0 atom stereocenters. The van der Waals surface area contributed by atoms with E-state index in [1.54, 1.807) is 7.05 Å². The number of fused-ring (bicyclic) bond motifs is 1. The molecule has 1 N–H and O–H groups in total. The predicted molar refractivity (Wildman–Crippen MR) is 93.7 cm³/mol. The van der Waals surface area contributed by atoms with Gasteiger partial charge in [-0.3, -0.25) is 14.5 Å². The van der Waals surface area contributed by atoms with E-state index in [0.717, 1.165) is 15.8 Å². The highest BCUT2D eigenvalue weighted by atomic mass is 79.9. The third kappa shape index (κ3) is 3.98. The van der Waals surface area contributed by atoms with E-state index >= 15 is 0 Å². The Morgan fingerprint density at radius 3 is 2.84 bits per heavy atom. The Morgan fingerprint density at radius 1 is 1.32 bits per heavy atom. The predicted octanol–water partition coefficient (Wildman–Crippen LogP) is 1.39. The van der Waals surface area contributed by atoms with Gasteiger partial charge in [0.2, 0.25) is 11.8 Å². The highest BCUT2D eigenvalue weighted by molar-refractivity contribution is 9.10. The lowest BCUT2D eigenvalue weighted by Gasteiger charge is -2.13. The molecule has 0 spiro atoms. The van der Waals surface area contributed by atoms with Crippen LogP contribution in [0.2, 0.25) is 0 Å². The van der Waals surface area contributed by atoms with Crippen LogP contribution >= 0.6 is 15.9 Å². The molecule has 0 bridgehead atoms. The van der Waals surface area contributed by atoms with E-state index < -0.39 is 0 Å². The second-order valence-corrected chi connectivity index (χ2v) is 6.82. The number of nitrogens with one attached hydrogen (secondary N) is 1. The van der Waals surface area contributed by atoms with Crippen molar-refractivity contribution in [2.75, 3.05) is 20.1 Å². The number of nitrogens with zero attached hydrogens (tertiary/aromatic N) is 4. The molecular weight excluding hydrogens is 390 g/mol. The molecular formula is C16H18BrN5O3. The second-order valence-electron chi connectivity index (χ2n) is 5.91. The average Bonchev–Trinajstić information content (AvgIpc) is 3.07. The Hall–Kier alpha value is -2.42. The Bertz CT molecular complexity index is 834. The quantitative estimate of drug-likeness (QED) is 0.732. The molecule has 1 aliphatic rings. The van der Waals surface area contributed by atoms with Crippen molar-refractivity contribution in [3.05, 3.63) is 34.7 Å². The first-order valence-electron chi connectivity index (χ1n) is 7.89. The molecule has 1 aliphatic heterocycles. The molecule has 1 fully saturated rings. The summed E-state index contributed by atoms with van der Waals surface area (Å²) >= 11 is 3.40. The Kier molecular flexibility index (Phi) is 5.03. The second kappa shape index (κ2) is 7.22. The molecule has 2 aromatic rings. The molecule has 1 saturated heterocycles. The van der Waals surface area contributed by atoms with E-state index in [-0.39, 0.29) is 37.4 Å². The Balaban J connectivity index is 1.45. The summed E-state index contributed by atoms with van der Waals surface area (Å²) in [6.45, 7) is 0.704. The number of carbonyl (C=O) groups is 3. The molecule has 9 heteroatoms. The van der Waals surface area contributed by atoms with Gasteiger partial charge in [0.05, 0.1) is 12.2 Å². The molecule has 8 nitrogen and oxygen atoms in total. The van der Waals surface area contributed by atoms with Crippen molar-refractivity contribution in [3.8, 4) is 0 Å². The van der Waals surface area contributed by atoms with E-state index in [1.165, 1.54) is 9.80 Å². The first-order valence-corrected chi connectivity index (χ1v) is 8.68. The maximum absolute atomic E-state index is 11.9. The summed E-state index contributed by atoms with van der Waals surface area (Å²) in [4.78, 5) is 42.3. The van der Waals surface area contributed by atoms with Crippen molar-refractivity contribution < 1.29 is 14.4 Å². The van der Waals surface area contributed by atoms with Gasteiger partial charge in [0.15, 0.2) is 0 Å². The highest BCUT2D eigenvalue weighted by Gasteiger charge is 2.32. The van der Waals surface area contributed by atoms with Crippen LogP contribution in [-0.2, 0) is 16.1 Å². The Morgan fingerprint density at radius 2 is 2.12 bits per heavy atom. The average molecular weight is 408 g/mol. The van der Waals surface area contributed by atoms with Gasteiger partial charge in [-0.1, -0.05) is 0 Å². The summed E-state index contributed by atoms with van der Waals surface area (Å²) in [7, 11) is 1.58. The summed E-state index contributed by atoms with van der Waals surface area (Å²) in [5.74, 6) is -0.352. The third-order valence-electron chi connectivity index (χ3n) is 3.95. The van der Waals surface area contributed by atoms with Gasteiger partial charge >= 0.3 is 6.03 Å². The van der Waals surface area contributed by atoms with Crippen LogP contribution in [0.25, 0.3) is 5.65 Å². The number of hydrogen-bond acceptors (Lipinski definition) is 4. The first-order chi connectivity index (χ1) is 11.9. The molecule has 132 valence electrons. The minimum atomic E-state index is -0.304. The smallest absolute Gasteiger partial charge is 0.326 e. The third-order valence-corrected chi connectivity index (χ3v) is 4.42. The van der Waals surface area contributed by atoms with Crippen LogP contribution in [-0.4, -0.2) is 57.2 Å². The number of likely N-dealkylation sites (N-methyl/N-ethyl adjacent to an activating group) is 1. The zero-order chi connectivity index (χ0) is 18.0. The van der Waals surface area contributed by atoms with Gasteiger partial charge in [-0.2, -0.15) is 0 Å². The summed E-state index contributed by atoms with van der Waals surface area (Å²) < 4.78 is 2.83. The molecule has 0 aromatic carbocycles. The number of imide groups is 1. The summed E-state index contributed by atoms with van der Waals surface area (Å²) in [5, 5.41) is 2.81. The molecule has 0 radical (unpaired) electrons. The van der Waals surface area contributed by atoms with Crippen LogP contribution in [0.5, 0.6) is 0 Å². The van der Waals surface area contributed by atoms with Crippen molar-refractivity contribution in [2.24, 2.45) is 0 Å². The van der Waals surface area contributed by atoms with E-state index in [4.69, 9.17) is 0 Å². The SMILES string of the molecule is CN1CC(=O)N(CCCC(=O)NCc2cn3cc(Br)ccc3n2)C1=O. The standard InChI is InChI=1S/C16H18BrN5O3/c1-20-10-15(24)22(16(20)25)6-2-3-14(23)18-7-12-9-21-8-11(17)4-5-13(21)19-12/h4-5,8-9H,2-3,6-7,10H2,1H3,(H,18,23). The van der Waals surface area contributed by atoms with Crippen LogP contribution in [0.1, 0.15) is 18.5 Å². The van der Waals surface area contributed by atoms with Gasteiger partial charge in [-0.15, -0.1) is 0 Å². The molecule has 0 saturated carbocycles. The van der Waals surface area contributed by atoms with Gasteiger partial charge < -0.3 is 14.6 Å². The van der Waals surface area contributed by atoms with E-state index in [0.29, 0.717) is 13.0 Å². The van der Waals surface area contributed by atoms with Crippen LogP contribution in [0, 0.1) is 0 Å². The fourth-order valence-electron chi connectivity index (χ4n) is 2.67. The van der Waals surface area contributed by atoms with Crippen molar-refractivity contribution in [1.82, 2.24) is 24.5 Å². The van der Waals surface area contributed by atoms with E-state index in [2.05, 4.69) is 26.2 Å². The number of pyridine rings is 1. The molecule has 3 heterocycles. The summed E-state index contributed by atoms with van der Waals surface area (Å²) in [5.41, 5.74) is 1.57. The fourth-order valence-corrected chi connectivity index (χ4v) is 3.02. The zero-order valence-corrected chi connectivity index (χ0v) is 15.3. The summed E-state index contributed by atoms with van der Waals surface area (Å²) in [6, 6.07) is 3.49. The monoisotopic (exact) mass is 407 g/mol.